The van der Waals surface area contributed by atoms with E-state index in [1.165, 1.54) is 11.1 Å². The van der Waals surface area contributed by atoms with Crippen LogP contribution in [-0.4, -0.2) is 11.8 Å². The van der Waals surface area contributed by atoms with Crippen molar-refractivity contribution in [2.75, 3.05) is 33.6 Å². The lowest BCUT2D eigenvalue weighted by molar-refractivity contribution is 0.101. The second-order valence-electron chi connectivity index (χ2n) is 9.87. The Hall–Kier alpha value is -5.76. The number of hydrogen-bond donors (Lipinski definition) is 6. The van der Waals surface area contributed by atoms with Gasteiger partial charge in [-0.3, -0.25) is 9.59 Å². The maximum Gasteiger partial charge on any atom is 0.255 e. The van der Waals surface area contributed by atoms with E-state index in [2.05, 4.69) is 22.8 Å². The molecule has 0 unspecified atom stereocenters. The van der Waals surface area contributed by atoms with Crippen LogP contribution < -0.4 is 33.6 Å². The van der Waals surface area contributed by atoms with Gasteiger partial charge in [-0.1, -0.05) is 12.1 Å². The number of nitrogens with two attached hydrogens (primary N) is 4. The van der Waals surface area contributed by atoms with E-state index in [0.717, 1.165) is 22.5 Å². The molecular weight excluding hydrogens is 524 g/mol. The Labute approximate surface area is 245 Å². The summed E-state index contributed by atoms with van der Waals surface area (Å²) >= 11 is 0. The molecule has 0 spiro atoms. The van der Waals surface area contributed by atoms with E-state index in [-0.39, 0.29) is 11.8 Å². The van der Waals surface area contributed by atoms with Crippen LogP contribution in [-0.2, 0) is 0 Å². The average Bonchev–Trinajstić information content (AvgIpc) is 2.99. The highest BCUT2D eigenvalue weighted by Gasteiger charge is 2.10. The lowest BCUT2D eigenvalue weighted by Crippen LogP contribution is -2.14. The first-order valence-corrected chi connectivity index (χ1v) is 13.3. The molecule has 0 saturated heterocycles. The van der Waals surface area contributed by atoms with Gasteiger partial charge in [-0.2, -0.15) is 0 Å². The fraction of sp³-hybridized carbons (Fsp3) is 0.0588. The lowest BCUT2D eigenvalue weighted by atomic mass is 10.0. The minimum Gasteiger partial charge on any atom is -0.399 e. The third-order valence-electron chi connectivity index (χ3n) is 6.62. The molecule has 0 aliphatic carbocycles. The molecule has 0 fully saturated rings. The summed E-state index contributed by atoms with van der Waals surface area (Å²) in [5, 5.41) is 5.54. The van der Waals surface area contributed by atoms with Gasteiger partial charge in [-0.05, 0) is 133 Å². The molecule has 2 amide bonds. The summed E-state index contributed by atoms with van der Waals surface area (Å²) in [5.41, 5.74) is 32.5. The van der Waals surface area contributed by atoms with Crippen molar-refractivity contribution in [3.05, 3.63) is 131 Å². The van der Waals surface area contributed by atoms with Crippen molar-refractivity contribution in [3.63, 3.8) is 0 Å². The SMILES string of the molecule is Cc1cc(-c2ccc(N)c(C)c2)ccc1N.Nc1ccc(NC(=O)c2ccc(C(=O)Nc3ccc(N)cc3)cc2)cc1. The highest BCUT2D eigenvalue weighted by molar-refractivity contribution is 6.07. The quantitative estimate of drug-likeness (QED) is 0.135. The summed E-state index contributed by atoms with van der Waals surface area (Å²) in [6, 6.07) is 32.3. The molecule has 8 heteroatoms. The molecule has 0 saturated carbocycles. The largest absolute Gasteiger partial charge is 0.399 e. The summed E-state index contributed by atoms with van der Waals surface area (Å²) in [4.78, 5) is 24.5. The van der Waals surface area contributed by atoms with Crippen LogP contribution in [0.2, 0.25) is 0 Å². The van der Waals surface area contributed by atoms with Crippen LogP contribution in [0.25, 0.3) is 11.1 Å². The van der Waals surface area contributed by atoms with Gasteiger partial charge < -0.3 is 33.6 Å². The van der Waals surface area contributed by atoms with Crippen molar-refractivity contribution in [2.45, 2.75) is 13.8 Å². The van der Waals surface area contributed by atoms with Crippen molar-refractivity contribution in [1.29, 1.82) is 0 Å². The zero-order valence-corrected chi connectivity index (χ0v) is 23.5. The molecule has 5 rings (SSSR count). The summed E-state index contributed by atoms with van der Waals surface area (Å²) in [7, 11) is 0. The Bertz CT molecular complexity index is 1570. The van der Waals surface area contributed by atoms with Gasteiger partial charge in [-0.25, -0.2) is 0 Å². The van der Waals surface area contributed by atoms with E-state index >= 15 is 0 Å². The maximum atomic E-state index is 12.2. The predicted molar refractivity (Wildman–Crippen MR) is 174 cm³/mol. The number of nitrogen functional groups attached to an aromatic ring is 4. The normalized spacial score (nSPS) is 10.2. The monoisotopic (exact) mass is 558 g/mol. The molecule has 5 aromatic rings. The highest BCUT2D eigenvalue weighted by atomic mass is 16.2. The standard InChI is InChI=1S/C20H18N4O2.C14H16N2/c21-15-5-9-17(10-6-15)23-19(25)13-1-2-14(4-3-13)20(26)24-18-11-7-16(22)8-12-18;1-9-7-11(3-5-13(9)15)12-4-6-14(16)10(2)8-12/h1-12H,21-22H2,(H,23,25)(H,24,26);3-8H,15-16H2,1-2H3. The van der Waals surface area contributed by atoms with Gasteiger partial charge in [0.05, 0.1) is 0 Å². The Kier molecular flexibility index (Phi) is 9.09. The lowest BCUT2D eigenvalue weighted by Gasteiger charge is -2.08. The van der Waals surface area contributed by atoms with Crippen molar-refractivity contribution in [3.8, 4) is 11.1 Å². The number of amides is 2. The van der Waals surface area contributed by atoms with Crippen LogP contribution in [0.1, 0.15) is 31.8 Å². The van der Waals surface area contributed by atoms with Crippen LogP contribution >= 0.6 is 0 Å². The number of carbonyl (C=O) groups is 2. The number of hydrogen-bond acceptors (Lipinski definition) is 6. The van der Waals surface area contributed by atoms with Gasteiger partial charge in [0.15, 0.2) is 0 Å². The number of benzene rings is 5. The third-order valence-corrected chi connectivity index (χ3v) is 6.62. The van der Waals surface area contributed by atoms with Crippen LogP contribution in [0.15, 0.2) is 109 Å². The molecule has 0 heterocycles. The molecule has 0 aliphatic heterocycles. The molecule has 10 N–H and O–H groups in total. The molecular formula is C34H34N6O2. The average molecular weight is 559 g/mol. The van der Waals surface area contributed by atoms with Crippen LogP contribution in [0.5, 0.6) is 0 Å². The van der Waals surface area contributed by atoms with Crippen LogP contribution in [0.4, 0.5) is 34.1 Å². The Morgan fingerprint density at radius 3 is 1.12 bits per heavy atom. The van der Waals surface area contributed by atoms with Crippen molar-refractivity contribution in [1.82, 2.24) is 0 Å². The summed E-state index contributed by atoms with van der Waals surface area (Å²) in [5.74, 6) is -0.527. The van der Waals surface area contributed by atoms with E-state index in [9.17, 15) is 9.59 Å². The zero-order chi connectivity index (χ0) is 30.2. The number of rotatable bonds is 5. The van der Waals surface area contributed by atoms with E-state index in [1.54, 1.807) is 72.8 Å². The van der Waals surface area contributed by atoms with E-state index < -0.39 is 0 Å². The molecule has 0 radical (unpaired) electrons. The van der Waals surface area contributed by atoms with Gasteiger partial charge >= 0.3 is 0 Å². The van der Waals surface area contributed by atoms with Crippen LogP contribution in [0.3, 0.4) is 0 Å². The second-order valence-corrected chi connectivity index (χ2v) is 9.87. The van der Waals surface area contributed by atoms with E-state index in [4.69, 9.17) is 22.9 Å². The predicted octanol–water partition coefficient (Wildman–Crippen LogP) is 6.49. The maximum absolute atomic E-state index is 12.2. The zero-order valence-electron chi connectivity index (χ0n) is 23.5. The summed E-state index contributed by atoms with van der Waals surface area (Å²) in [6.45, 7) is 4.03. The number of nitrogens with one attached hydrogen (secondary N) is 2. The van der Waals surface area contributed by atoms with Gasteiger partial charge in [0.2, 0.25) is 0 Å². The second kappa shape index (κ2) is 13.1. The molecule has 212 valence electrons. The topological polar surface area (TPSA) is 162 Å². The van der Waals surface area contributed by atoms with Gasteiger partial charge in [0, 0.05) is 45.3 Å². The van der Waals surface area contributed by atoms with Gasteiger partial charge in [-0.15, -0.1) is 0 Å². The first kappa shape index (κ1) is 29.2. The van der Waals surface area contributed by atoms with Crippen LogP contribution in [0, 0.1) is 13.8 Å². The molecule has 8 nitrogen and oxygen atoms in total. The minimum absolute atomic E-state index is 0.264. The van der Waals surface area contributed by atoms with Gasteiger partial charge in [0.25, 0.3) is 11.8 Å². The van der Waals surface area contributed by atoms with Crippen molar-refractivity contribution < 1.29 is 9.59 Å². The highest BCUT2D eigenvalue weighted by Crippen LogP contribution is 2.26. The first-order chi connectivity index (χ1) is 20.1. The summed E-state index contributed by atoms with van der Waals surface area (Å²) < 4.78 is 0. The van der Waals surface area contributed by atoms with Crippen molar-refractivity contribution >= 4 is 45.9 Å². The number of aryl methyl sites for hydroxylation is 2. The number of carbonyl (C=O) groups excluding carboxylic acids is 2. The van der Waals surface area contributed by atoms with E-state index in [1.807, 2.05) is 38.1 Å². The fourth-order valence-electron chi connectivity index (χ4n) is 4.02. The molecule has 0 aliphatic rings. The molecule has 5 aromatic carbocycles. The fourth-order valence-corrected chi connectivity index (χ4v) is 4.02. The molecule has 0 atom stereocenters. The molecule has 0 bridgehead atoms. The minimum atomic E-state index is -0.264. The van der Waals surface area contributed by atoms with Crippen molar-refractivity contribution in [2.24, 2.45) is 0 Å². The Balaban J connectivity index is 0.000000216. The Morgan fingerprint density at radius 1 is 0.476 bits per heavy atom. The van der Waals surface area contributed by atoms with Gasteiger partial charge in [0.1, 0.15) is 0 Å². The Morgan fingerprint density at radius 2 is 0.810 bits per heavy atom. The summed E-state index contributed by atoms with van der Waals surface area (Å²) in [6.07, 6.45) is 0. The molecule has 0 aromatic heterocycles. The third kappa shape index (κ3) is 7.67. The first-order valence-electron chi connectivity index (χ1n) is 13.3. The smallest absolute Gasteiger partial charge is 0.255 e. The molecule has 42 heavy (non-hydrogen) atoms. The number of anilines is 6. The van der Waals surface area contributed by atoms with E-state index in [0.29, 0.717) is 33.9 Å².